The molecule has 3 aromatic rings. The molecule has 182 valence electrons. The van der Waals surface area contributed by atoms with Gasteiger partial charge >= 0.3 is 0 Å². The van der Waals surface area contributed by atoms with Crippen LogP contribution in [0.4, 0.5) is 0 Å². The first-order chi connectivity index (χ1) is 16.3. The van der Waals surface area contributed by atoms with Gasteiger partial charge in [-0.25, -0.2) is 0 Å². The van der Waals surface area contributed by atoms with Crippen LogP contribution >= 0.6 is 0 Å². The van der Waals surface area contributed by atoms with Crippen LogP contribution < -0.4 is 5.56 Å². The van der Waals surface area contributed by atoms with E-state index >= 15 is 0 Å². The number of pyridine rings is 1. The van der Waals surface area contributed by atoms with Crippen molar-refractivity contribution in [3.8, 4) is 11.3 Å². The van der Waals surface area contributed by atoms with E-state index in [2.05, 4.69) is 48.9 Å². The first-order valence-electron chi connectivity index (χ1n) is 13.0. The Morgan fingerprint density at radius 1 is 1.03 bits per heavy atom. The van der Waals surface area contributed by atoms with Crippen molar-refractivity contribution in [2.45, 2.75) is 71.3 Å². The van der Waals surface area contributed by atoms with Crippen molar-refractivity contribution < 1.29 is 4.74 Å². The van der Waals surface area contributed by atoms with Gasteiger partial charge in [0.15, 0.2) is 0 Å². The summed E-state index contributed by atoms with van der Waals surface area (Å²) >= 11 is 0. The molecule has 2 aliphatic rings. The summed E-state index contributed by atoms with van der Waals surface area (Å²) in [5.74, 6) is 1.01. The normalized spacial score (nSPS) is 18.9. The van der Waals surface area contributed by atoms with Gasteiger partial charge in [0.25, 0.3) is 5.56 Å². The van der Waals surface area contributed by atoms with Crippen LogP contribution in [0.25, 0.3) is 22.2 Å². The highest BCUT2D eigenvalue weighted by molar-refractivity contribution is 5.92. The van der Waals surface area contributed by atoms with Crippen LogP contribution in [0.15, 0.2) is 29.2 Å². The lowest BCUT2D eigenvalue weighted by Gasteiger charge is -2.39. The van der Waals surface area contributed by atoms with Crippen LogP contribution in [0.3, 0.4) is 0 Å². The van der Waals surface area contributed by atoms with E-state index in [1.165, 1.54) is 60.8 Å². The van der Waals surface area contributed by atoms with Crippen molar-refractivity contribution in [2.75, 3.05) is 26.3 Å². The maximum absolute atomic E-state index is 12.5. The predicted molar refractivity (Wildman–Crippen MR) is 140 cm³/mol. The van der Waals surface area contributed by atoms with Crippen LogP contribution in [0.1, 0.15) is 73.6 Å². The third kappa shape index (κ3) is 4.14. The molecule has 34 heavy (non-hydrogen) atoms. The molecule has 0 saturated carbocycles. The van der Waals surface area contributed by atoms with Gasteiger partial charge in [0.2, 0.25) is 0 Å². The Morgan fingerprint density at radius 2 is 1.74 bits per heavy atom. The van der Waals surface area contributed by atoms with Gasteiger partial charge in [0.1, 0.15) is 0 Å². The fourth-order valence-electron chi connectivity index (χ4n) is 6.17. The topological polar surface area (TPSA) is 50.3 Å². The third-order valence-corrected chi connectivity index (χ3v) is 8.35. The fraction of sp³-hybridized carbons (Fsp3) is 0.552. The molecule has 5 rings (SSSR count). The van der Waals surface area contributed by atoms with Gasteiger partial charge in [0.05, 0.1) is 5.69 Å². The summed E-state index contributed by atoms with van der Waals surface area (Å²) in [7, 11) is 1.85. The molecule has 0 atom stereocenters. The smallest absolute Gasteiger partial charge is 0.253 e. The van der Waals surface area contributed by atoms with E-state index in [-0.39, 0.29) is 5.56 Å². The van der Waals surface area contributed by atoms with Gasteiger partial charge in [0, 0.05) is 54.5 Å². The molecule has 5 heteroatoms. The van der Waals surface area contributed by atoms with E-state index in [0.717, 1.165) is 35.6 Å². The van der Waals surface area contributed by atoms with E-state index in [0.29, 0.717) is 17.9 Å². The number of aryl methyl sites for hydroxylation is 1. The molecule has 2 aliphatic heterocycles. The van der Waals surface area contributed by atoms with Crippen LogP contribution in [-0.4, -0.2) is 46.8 Å². The van der Waals surface area contributed by atoms with E-state index < -0.39 is 0 Å². The molecule has 1 aromatic carbocycles. The van der Waals surface area contributed by atoms with Gasteiger partial charge in [-0.3, -0.25) is 4.79 Å². The second kappa shape index (κ2) is 9.35. The number of piperidine rings is 1. The summed E-state index contributed by atoms with van der Waals surface area (Å²) in [6.07, 6.45) is 6.83. The number of hydrogen-bond donors (Lipinski definition) is 1. The Balaban J connectivity index is 1.47. The Morgan fingerprint density at radius 3 is 2.41 bits per heavy atom. The minimum Gasteiger partial charge on any atom is -0.381 e. The Hall–Kier alpha value is -2.37. The number of hydrogen-bond acceptors (Lipinski definition) is 3. The maximum atomic E-state index is 12.5. The zero-order chi connectivity index (χ0) is 24.0. The third-order valence-electron chi connectivity index (χ3n) is 8.35. The van der Waals surface area contributed by atoms with Gasteiger partial charge in [-0.2, -0.15) is 0 Å². The van der Waals surface area contributed by atoms with Crippen molar-refractivity contribution in [2.24, 2.45) is 7.05 Å². The fourth-order valence-corrected chi connectivity index (χ4v) is 6.17. The van der Waals surface area contributed by atoms with Gasteiger partial charge < -0.3 is 19.2 Å². The summed E-state index contributed by atoms with van der Waals surface area (Å²) in [5, 5.41) is 1.33. The summed E-state index contributed by atoms with van der Waals surface area (Å²) in [6.45, 7) is 12.8. The van der Waals surface area contributed by atoms with E-state index in [1.807, 2.05) is 20.2 Å². The molecule has 0 radical (unpaired) electrons. The average Bonchev–Trinajstić information content (AvgIpc) is 3.24. The standard InChI is InChI=1S/C29H39N3O2/c1-18(2)27-24-16-22(21-8-12-32(13-9-21)23-10-14-34-15-11-23)6-7-26(24)30-28(27)25-17-31(5)29(33)20(4)19(25)3/h6-7,16-18,21,23,30H,8-15H2,1-5H3. The van der Waals surface area contributed by atoms with Gasteiger partial charge in [-0.05, 0) is 93.3 Å². The molecule has 0 unspecified atom stereocenters. The first-order valence-corrected chi connectivity index (χ1v) is 13.0. The number of likely N-dealkylation sites (tertiary alicyclic amines) is 1. The van der Waals surface area contributed by atoms with Crippen molar-refractivity contribution in [3.05, 3.63) is 57.0 Å². The lowest BCUT2D eigenvalue weighted by Crippen LogP contribution is -2.43. The Labute approximate surface area is 203 Å². The number of benzene rings is 1. The molecular weight excluding hydrogens is 422 g/mol. The molecule has 4 heterocycles. The highest BCUT2D eigenvalue weighted by atomic mass is 16.5. The molecule has 0 amide bonds. The number of nitrogens with one attached hydrogen (secondary N) is 1. The molecule has 2 saturated heterocycles. The second-order valence-corrected chi connectivity index (χ2v) is 10.7. The largest absolute Gasteiger partial charge is 0.381 e. The lowest BCUT2D eigenvalue weighted by atomic mass is 9.86. The van der Waals surface area contributed by atoms with Crippen molar-refractivity contribution >= 4 is 10.9 Å². The molecule has 0 aliphatic carbocycles. The molecule has 1 N–H and O–H groups in total. The van der Waals surface area contributed by atoms with Gasteiger partial charge in [-0.15, -0.1) is 0 Å². The SMILES string of the molecule is Cc1c(-c2[nH]c3ccc(C4CCN(C5CCOCC5)CC4)cc3c2C(C)C)cn(C)c(=O)c1C. The zero-order valence-electron chi connectivity index (χ0n) is 21.4. The number of ether oxygens (including phenoxy) is 1. The average molecular weight is 462 g/mol. The zero-order valence-corrected chi connectivity index (χ0v) is 21.4. The number of aromatic nitrogens is 2. The van der Waals surface area contributed by atoms with E-state index in [4.69, 9.17) is 4.74 Å². The summed E-state index contributed by atoms with van der Waals surface area (Å²) < 4.78 is 7.28. The lowest BCUT2D eigenvalue weighted by molar-refractivity contribution is 0.0252. The summed E-state index contributed by atoms with van der Waals surface area (Å²) in [6, 6.07) is 7.77. The quantitative estimate of drug-likeness (QED) is 0.548. The highest BCUT2D eigenvalue weighted by Crippen LogP contribution is 2.39. The van der Waals surface area contributed by atoms with Crippen LogP contribution in [0.2, 0.25) is 0 Å². The maximum Gasteiger partial charge on any atom is 0.253 e. The van der Waals surface area contributed by atoms with Crippen molar-refractivity contribution in [1.82, 2.24) is 14.5 Å². The molecule has 0 spiro atoms. The highest BCUT2D eigenvalue weighted by Gasteiger charge is 2.28. The molecule has 0 bridgehead atoms. The minimum absolute atomic E-state index is 0.0813. The van der Waals surface area contributed by atoms with Crippen LogP contribution in [-0.2, 0) is 11.8 Å². The van der Waals surface area contributed by atoms with Crippen LogP contribution in [0.5, 0.6) is 0 Å². The Bertz CT molecular complexity index is 1240. The number of fused-ring (bicyclic) bond motifs is 1. The van der Waals surface area contributed by atoms with E-state index in [9.17, 15) is 4.79 Å². The van der Waals surface area contributed by atoms with Gasteiger partial charge in [-0.1, -0.05) is 19.9 Å². The van der Waals surface area contributed by atoms with Crippen molar-refractivity contribution in [1.29, 1.82) is 0 Å². The number of H-pyrrole nitrogens is 1. The number of aromatic amines is 1. The summed E-state index contributed by atoms with van der Waals surface area (Å²) in [4.78, 5) is 18.9. The molecule has 5 nitrogen and oxygen atoms in total. The summed E-state index contributed by atoms with van der Waals surface area (Å²) in [5.41, 5.74) is 8.28. The minimum atomic E-state index is 0.0813. The molecule has 2 aromatic heterocycles. The predicted octanol–water partition coefficient (Wildman–Crippen LogP) is 5.63. The number of nitrogens with zero attached hydrogens (tertiary/aromatic N) is 2. The molecular formula is C29H39N3O2. The number of rotatable bonds is 4. The monoisotopic (exact) mass is 461 g/mol. The second-order valence-electron chi connectivity index (χ2n) is 10.7. The van der Waals surface area contributed by atoms with E-state index in [1.54, 1.807) is 4.57 Å². The Kier molecular flexibility index (Phi) is 6.43. The first kappa shape index (κ1) is 23.4. The van der Waals surface area contributed by atoms with Crippen LogP contribution in [0, 0.1) is 13.8 Å². The van der Waals surface area contributed by atoms with Crippen molar-refractivity contribution in [3.63, 3.8) is 0 Å². The molecule has 2 fully saturated rings.